The van der Waals surface area contributed by atoms with E-state index in [4.69, 9.17) is 0 Å². The molecule has 3 aromatic heterocycles. The van der Waals surface area contributed by atoms with E-state index >= 15 is 0 Å². The molecule has 452 valence electrons. The van der Waals surface area contributed by atoms with Crippen LogP contribution in [0.4, 0.5) is 0 Å². The molecule has 3 aliphatic carbocycles. The Kier molecular flexibility index (Phi) is 12.6. The fourth-order valence-electron chi connectivity index (χ4n) is 16.5. The standard InChI is InChI=1S/C46H28N2.C31H21N.C16H9Br/c1-2-11-31(12-3-1)47-41-19-8-6-15-34(41)39-27-29(21-24-44(39)47)30-22-25-45-40(28-30)35-16-7-9-20-42(35)48(45)43-26-23-37-33-14-5-4-13-32(33)36-17-10-18-38(43)46(36)37;1-2-9-25(10-3-1)32-30-13-7-6-12-27(30)29-20-22(16-17-31(29)32)21-14-15-24-18-23-8-4-5-11-26(23)28(24)19-21;17-15-9-8-13-11-5-2-1-4-10(11)12-6-3-7-14(15)16(12)13/h1-28H;1-17,19-20H,18H2;1-9H. The highest BCUT2D eigenvalue weighted by Gasteiger charge is 2.26. The first-order chi connectivity index (χ1) is 48.1. The molecule has 3 nitrogen and oxygen atoms in total. The van der Waals surface area contributed by atoms with E-state index in [1.165, 1.54) is 198 Å². The maximum absolute atomic E-state index is 3.64. The van der Waals surface area contributed by atoms with Crippen LogP contribution in [0, 0.1) is 0 Å². The smallest absolute Gasteiger partial charge is 0.0541 e. The summed E-state index contributed by atoms with van der Waals surface area (Å²) in [6, 6.07) is 124. The molecule has 97 heavy (non-hydrogen) atoms. The van der Waals surface area contributed by atoms with Gasteiger partial charge >= 0.3 is 0 Å². The van der Waals surface area contributed by atoms with Crippen molar-refractivity contribution in [3.8, 4) is 95.0 Å². The zero-order valence-electron chi connectivity index (χ0n) is 52.8. The van der Waals surface area contributed by atoms with E-state index in [2.05, 4.69) is 369 Å². The van der Waals surface area contributed by atoms with Crippen LogP contribution in [-0.4, -0.2) is 13.7 Å². The second-order valence-corrected chi connectivity index (χ2v) is 26.8. The van der Waals surface area contributed by atoms with Crippen LogP contribution in [0.1, 0.15) is 11.1 Å². The summed E-state index contributed by atoms with van der Waals surface area (Å²) in [5.41, 5.74) is 32.3. The molecular weight excluding hydrogens is 1240 g/mol. The van der Waals surface area contributed by atoms with Gasteiger partial charge in [-0.3, -0.25) is 0 Å². The number of halogens is 1. The molecule has 0 fully saturated rings. The number of para-hydroxylation sites is 5. The molecule has 0 saturated heterocycles. The number of hydrogen-bond donors (Lipinski definition) is 0. The predicted molar refractivity (Wildman–Crippen MR) is 413 cm³/mol. The van der Waals surface area contributed by atoms with Gasteiger partial charge in [-0.25, -0.2) is 0 Å². The van der Waals surface area contributed by atoms with Crippen molar-refractivity contribution in [3.63, 3.8) is 0 Å². The molecule has 19 aromatic rings. The Hall–Kier alpha value is -12.1. The van der Waals surface area contributed by atoms with Crippen molar-refractivity contribution >= 4 is 103 Å². The number of fused-ring (bicyclic) bond motifs is 18. The van der Waals surface area contributed by atoms with Crippen LogP contribution in [0.5, 0.6) is 0 Å². The van der Waals surface area contributed by atoms with Crippen molar-refractivity contribution in [2.24, 2.45) is 0 Å². The van der Waals surface area contributed by atoms with Gasteiger partial charge in [0.2, 0.25) is 0 Å². The Morgan fingerprint density at radius 1 is 0.206 bits per heavy atom. The maximum atomic E-state index is 3.64. The Morgan fingerprint density at radius 3 is 1.08 bits per heavy atom. The van der Waals surface area contributed by atoms with Crippen LogP contribution >= 0.6 is 15.9 Å². The van der Waals surface area contributed by atoms with Gasteiger partial charge in [0, 0.05) is 53.6 Å². The Bertz CT molecular complexity index is 6420. The third-order valence-corrected chi connectivity index (χ3v) is 21.5. The molecule has 0 spiro atoms. The van der Waals surface area contributed by atoms with Crippen LogP contribution in [0.2, 0.25) is 0 Å². The third kappa shape index (κ3) is 8.60. The summed E-state index contributed by atoms with van der Waals surface area (Å²) < 4.78 is 8.39. The van der Waals surface area contributed by atoms with Crippen molar-refractivity contribution in [3.05, 3.63) is 355 Å². The van der Waals surface area contributed by atoms with E-state index in [1.54, 1.807) is 0 Å². The number of hydrogen-bond acceptors (Lipinski definition) is 0. The van der Waals surface area contributed by atoms with Gasteiger partial charge in [-0.05, 0) is 209 Å². The quantitative estimate of drug-likeness (QED) is 0.163. The molecule has 22 rings (SSSR count). The lowest BCUT2D eigenvalue weighted by molar-refractivity contribution is 1.18. The van der Waals surface area contributed by atoms with E-state index < -0.39 is 0 Å². The van der Waals surface area contributed by atoms with Gasteiger partial charge in [0.25, 0.3) is 0 Å². The minimum atomic E-state index is 1.04. The Labute approximate surface area is 569 Å². The zero-order chi connectivity index (χ0) is 63.8. The van der Waals surface area contributed by atoms with Crippen molar-refractivity contribution in [1.29, 1.82) is 0 Å². The molecule has 3 heterocycles. The first-order valence-corrected chi connectivity index (χ1v) is 34.2. The summed E-state index contributed by atoms with van der Waals surface area (Å²) >= 11 is 3.64. The molecule has 0 bridgehead atoms. The Morgan fingerprint density at radius 2 is 0.557 bits per heavy atom. The van der Waals surface area contributed by atoms with Crippen LogP contribution in [0.25, 0.3) is 182 Å². The molecule has 0 atom stereocenters. The van der Waals surface area contributed by atoms with Gasteiger partial charge in [-0.1, -0.05) is 259 Å². The number of benzene rings is 16. The van der Waals surface area contributed by atoms with Gasteiger partial charge in [0.15, 0.2) is 0 Å². The summed E-state index contributed by atoms with van der Waals surface area (Å²) in [7, 11) is 0. The fraction of sp³-hybridized carbons (Fsp3) is 0.0108. The van der Waals surface area contributed by atoms with Crippen molar-refractivity contribution < 1.29 is 0 Å². The van der Waals surface area contributed by atoms with E-state index in [0.717, 1.165) is 6.42 Å². The lowest BCUT2D eigenvalue weighted by atomic mass is 9.97. The molecule has 16 aromatic carbocycles. The summed E-state index contributed by atoms with van der Waals surface area (Å²) in [5, 5.41) is 13.0. The average molecular weight is 1300 g/mol. The highest BCUT2D eigenvalue weighted by Crippen LogP contribution is 2.51. The molecule has 0 N–H and O–H groups in total. The molecule has 0 aliphatic heterocycles. The molecule has 0 saturated carbocycles. The number of nitrogens with zero attached hydrogens (tertiary/aromatic N) is 3. The minimum Gasteiger partial charge on any atom is -0.309 e. The van der Waals surface area contributed by atoms with Gasteiger partial charge in [0.05, 0.1) is 38.8 Å². The molecule has 0 amide bonds. The largest absolute Gasteiger partial charge is 0.309 e. The van der Waals surface area contributed by atoms with Gasteiger partial charge < -0.3 is 13.7 Å². The summed E-state index contributed by atoms with van der Waals surface area (Å²) in [5.74, 6) is 0. The first-order valence-electron chi connectivity index (χ1n) is 33.5. The van der Waals surface area contributed by atoms with E-state index in [1.807, 2.05) is 0 Å². The molecule has 0 radical (unpaired) electrons. The number of aromatic nitrogens is 3. The topological polar surface area (TPSA) is 14.8 Å². The second-order valence-electron chi connectivity index (χ2n) is 25.9. The van der Waals surface area contributed by atoms with E-state index in [0.29, 0.717) is 0 Å². The molecular formula is C93H58BrN3. The van der Waals surface area contributed by atoms with E-state index in [9.17, 15) is 0 Å². The Balaban J connectivity index is 0.000000111. The fourth-order valence-corrected chi connectivity index (χ4v) is 17.0. The van der Waals surface area contributed by atoms with Crippen molar-refractivity contribution in [1.82, 2.24) is 13.7 Å². The minimum absolute atomic E-state index is 1.04. The second kappa shape index (κ2) is 22.0. The van der Waals surface area contributed by atoms with Crippen molar-refractivity contribution in [2.75, 3.05) is 0 Å². The van der Waals surface area contributed by atoms with Crippen LogP contribution < -0.4 is 0 Å². The monoisotopic (exact) mass is 1300 g/mol. The predicted octanol–water partition coefficient (Wildman–Crippen LogP) is 25.6. The lowest BCUT2D eigenvalue weighted by Gasteiger charge is -2.13. The highest BCUT2D eigenvalue weighted by atomic mass is 79.9. The summed E-state index contributed by atoms with van der Waals surface area (Å²) in [4.78, 5) is 0. The van der Waals surface area contributed by atoms with Crippen LogP contribution in [0.3, 0.4) is 0 Å². The van der Waals surface area contributed by atoms with Crippen LogP contribution in [0.15, 0.2) is 344 Å². The van der Waals surface area contributed by atoms with Gasteiger partial charge in [-0.2, -0.15) is 0 Å². The normalized spacial score (nSPS) is 12.1. The SMILES string of the molecule is Brc1ccc2c3c(cccc13)-c1ccccc1-2.c1ccc(-n2c3ccccc3c3cc(-c4ccc5c(c4)-c4ccccc4C5)ccc32)cc1.c1ccc(-n2c3ccccc3c3cc(-c4ccc5c(c4)c4ccccc4n5-c4ccc5c6c(cccc46)-c4ccccc4-5)ccc32)cc1. The molecule has 3 aliphatic rings. The van der Waals surface area contributed by atoms with Gasteiger partial charge in [0.1, 0.15) is 0 Å². The lowest BCUT2D eigenvalue weighted by Crippen LogP contribution is -1.95. The summed E-state index contributed by atoms with van der Waals surface area (Å²) in [6.07, 6.45) is 1.04. The zero-order valence-corrected chi connectivity index (χ0v) is 54.3. The first kappa shape index (κ1) is 55.4. The van der Waals surface area contributed by atoms with E-state index in [-0.39, 0.29) is 0 Å². The van der Waals surface area contributed by atoms with Crippen molar-refractivity contribution in [2.45, 2.75) is 6.42 Å². The van der Waals surface area contributed by atoms with Gasteiger partial charge in [-0.15, -0.1) is 0 Å². The third-order valence-electron chi connectivity index (χ3n) is 20.8. The average Bonchev–Trinajstić information content (AvgIpc) is 1.58. The summed E-state index contributed by atoms with van der Waals surface area (Å²) in [6.45, 7) is 0. The molecule has 0 unspecified atom stereocenters. The highest BCUT2D eigenvalue weighted by molar-refractivity contribution is 9.10. The number of rotatable bonds is 5. The van der Waals surface area contributed by atoms with Crippen LogP contribution in [-0.2, 0) is 6.42 Å². The maximum Gasteiger partial charge on any atom is 0.0541 e. The molecule has 4 heteroatoms.